The molecule has 1 saturated heterocycles. The number of imide groups is 1. The molecular formula is C20H20Br2N2O5. The van der Waals surface area contributed by atoms with Crippen LogP contribution in [0, 0.1) is 30.6 Å². The molecule has 0 spiro atoms. The van der Waals surface area contributed by atoms with Gasteiger partial charge in [-0.15, -0.1) is 0 Å². The van der Waals surface area contributed by atoms with E-state index < -0.39 is 25.0 Å². The number of rotatable bonds is 5. The van der Waals surface area contributed by atoms with E-state index in [-0.39, 0.29) is 45.1 Å². The first-order valence-electron chi connectivity index (χ1n) is 9.43. The summed E-state index contributed by atoms with van der Waals surface area (Å²) in [5, 5.41) is 2.62. The molecule has 4 rings (SSSR count). The number of nitrogens with one attached hydrogen (secondary N) is 1. The molecule has 7 nitrogen and oxygen atoms in total. The number of carbonyl (C=O) groups is 4. The second-order valence-electron chi connectivity index (χ2n) is 7.84. The number of esters is 1. The lowest BCUT2D eigenvalue weighted by atomic mass is 9.81. The molecule has 2 saturated carbocycles. The fourth-order valence-electron chi connectivity index (χ4n) is 4.72. The van der Waals surface area contributed by atoms with Crippen LogP contribution >= 0.6 is 31.9 Å². The molecule has 0 radical (unpaired) electrons. The quantitative estimate of drug-likeness (QED) is 0.360. The number of anilines is 1. The molecule has 9 heteroatoms. The van der Waals surface area contributed by atoms with Crippen molar-refractivity contribution in [2.24, 2.45) is 23.7 Å². The van der Waals surface area contributed by atoms with Crippen LogP contribution in [0.25, 0.3) is 0 Å². The Morgan fingerprint density at radius 3 is 2.17 bits per heavy atom. The molecule has 1 heterocycles. The summed E-state index contributed by atoms with van der Waals surface area (Å²) in [6, 6.07) is 7.20. The van der Waals surface area contributed by atoms with Crippen LogP contribution in [0.4, 0.5) is 5.69 Å². The van der Waals surface area contributed by atoms with Gasteiger partial charge < -0.3 is 10.1 Å². The van der Waals surface area contributed by atoms with Crippen molar-refractivity contribution in [3.8, 4) is 0 Å². The zero-order valence-electron chi connectivity index (χ0n) is 15.6. The SMILES string of the molecule is Cc1ccc(NC(=O)COC(=O)CN2C(=O)[C@@H]3[C@H]4C[C@@H]([C@H](Br)[C@H]4Br)[C@H]3C2=O)cc1. The van der Waals surface area contributed by atoms with Crippen LogP contribution in [0.3, 0.4) is 0 Å². The van der Waals surface area contributed by atoms with Crippen molar-refractivity contribution in [1.82, 2.24) is 4.90 Å². The molecule has 29 heavy (non-hydrogen) atoms. The van der Waals surface area contributed by atoms with Crippen LogP contribution in [-0.2, 0) is 23.9 Å². The third kappa shape index (κ3) is 3.63. The van der Waals surface area contributed by atoms with Crippen LogP contribution < -0.4 is 5.32 Å². The maximum Gasteiger partial charge on any atom is 0.326 e. The van der Waals surface area contributed by atoms with Crippen molar-refractivity contribution >= 4 is 61.2 Å². The molecule has 3 aliphatic rings. The Hall–Kier alpha value is -1.74. The Kier molecular flexibility index (Phi) is 5.54. The van der Waals surface area contributed by atoms with Gasteiger partial charge >= 0.3 is 5.97 Å². The summed E-state index contributed by atoms with van der Waals surface area (Å²) in [6.07, 6.45) is 0.829. The number of fused-ring (bicyclic) bond motifs is 5. The fraction of sp³-hybridized carbons (Fsp3) is 0.500. The van der Waals surface area contributed by atoms with Gasteiger partial charge in [0.1, 0.15) is 6.54 Å². The Morgan fingerprint density at radius 1 is 1.07 bits per heavy atom. The largest absolute Gasteiger partial charge is 0.454 e. The topological polar surface area (TPSA) is 92.8 Å². The number of hydrogen-bond donors (Lipinski definition) is 1. The van der Waals surface area contributed by atoms with E-state index in [4.69, 9.17) is 4.74 Å². The summed E-state index contributed by atoms with van der Waals surface area (Å²) < 4.78 is 4.98. The molecule has 2 aliphatic carbocycles. The molecule has 2 bridgehead atoms. The first-order chi connectivity index (χ1) is 13.8. The van der Waals surface area contributed by atoms with Crippen LogP contribution in [-0.4, -0.2) is 51.4 Å². The van der Waals surface area contributed by atoms with Gasteiger partial charge in [-0.25, -0.2) is 0 Å². The number of hydrogen-bond acceptors (Lipinski definition) is 5. The van der Waals surface area contributed by atoms with Gasteiger partial charge in [0.15, 0.2) is 6.61 Å². The predicted octanol–water partition coefficient (Wildman–Crippen LogP) is 2.25. The van der Waals surface area contributed by atoms with Gasteiger partial charge in [0.05, 0.1) is 11.8 Å². The Bertz CT molecular complexity index is 842. The normalized spacial score (nSPS) is 32.4. The molecule has 3 fully saturated rings. The lowest BCUT2D eigenvalue weighted by molar-refractivity contribution is -0.154. The van der Waals surface area contributed by atoms with E-state index in [1.807, 2.05) is 19.1 Å². The Morgan fingerprint density at radius 2 is 1.62 bits per heavy atom. The Balaban J connectivity index is 1.31. The summed E-state index contributed by atoms with van der Waals surface area (Å²) in [5.74, 6) is -2.44. The third-order valence-corrected chi connectivity index (χ3v) is 9.27. The van der Waals surface area contributed by atoms with E-state index in [2.05, 4.69) is 37.2 Å². The van der Waals surface area contributed by atoms with Crippen molar-refractivity contribution in [3.05, 3.63) is 29.8 Å². The molecular weight excluding hydrogens is 508 g/mol. The average molecular weight is 528 g/mol. The minimum Gasteiger partial charge on any atom is -0.454 e. The van der Waals surface area contributed by atoms with Gasteiger partial charge in [-0.1, -0.05) is 49.6 Å². The lowest BCUT2D eigenvalue weighted by Gasteiger charge is -2.28. The smallest absolute Gasteiger partial charge is 0.326 e. The third-order valence-electron chi connectivity index (χ3n) is 6.07. The molecule has 1 aliphatic heterocycles. The monoisotopic (exact) mass is 526 g/mol. The zero-order valence-corrected chi connectivity index (χ0v) is 18.8. The highest BCUT2D eigenvalue weighted by atomic mass is 79.9. The number of ether oxygens (including phenoxy) is 1. The second kappa shape index (κ2) is 7.83. The van der Waals surface area contributed by atoms with E-state index in [1.165, 1.54) is 0 Å². The number of carbonyl (C=O) groups excluding carboxylic acids is 4. The van der Waals surface area contributed by atoms with E-state index in [1.54, 1.807) is 12.1 Å². The van der Waals surface area contributed by atoms with E-state index >= 15 is 0 Å². The molecule has 154 valence electrons. The maximum absolute atomic E-state index is 12.8. The van der Waals surface area contributed by atoms with Gasteiger partial charge in [0.25, 0.3) is 5.91 Å². The fourth-order valence-corrected chi connectivity index (χ4v) is 6.59. The lowest BCUT2D eigenvalue weighted by Crippen LogP contribution is -2.38. The van der Waals surface area contributed by atoms with E-state index in [9.17, 15) is 19.2 Å². The van der Waals surface area contributed by atoms with Crippen molar-refractivity contribution in [3.63, 3.8) is 0 Å². The highest BCUT2D eigenvalue weighted by molar-refractivity contribution is 9.12. The first-order valence-corrected chi connectivity index (χ1v) is 11.3. The number of aryl methyl sites for hydroxylation is 1. The molecule has 1 aromatic carbocycles. The van der Waals surface area contributed by atoms with Crippen LogP contribution in [0.15, 0.2) is 24.3 Å². The summed E-state index contributed by atoms with van der Waals surface area (Å²) in [6.45, 7) is 1.000. The standard InChI is InChI=1S/C20H20Br2N2O5/c1-9-2-4-10(5-3-9)23-13(25)8-29-14(26)7-24-19(27)15-11-6-12(16(15)20(24)28)18(22)17(11)21/h2-5,11-12,15-18H,6-8H2,1H3,(H,23,25)/t11-,12-,15-,16-,17+,18+/m1/s1. The number of alkyl halides is 2. The number of nitrogens with zero attached hydrogens (tertiary/aromatic N) is 1. The first kappa shape index (κ1) is 20.5. The summed E-state index contributed by atoms with van der Waals surface area (Å²) in [7, 11) is 0. The van der Waals surface area contributed by atoms with Crippen molar-refractivity contribution < 1.29 is 23.9 Å². The molecule has 0 unspecified atom stereocenters. The molecule has 1 aromatic rings. The minimum atomic E-state index is -0.774. The van der Waals surface area contributed by atoms with Gasteiger partial charge in [-0.2, -0.15) is 0 Å². The Labute approximate surface area is 184 Å². The number of likely N-dealkylation sites (tertiary alicyclic amines) is 1. The molecule has 6 atom stereocenters. The highest BCUT2D eigenvalue weighted by Gasteiger charge is 2.66. The summed E-state index contributed by atoms with van der Waals surface area (Å²) in [5.41, 5.74) is 1.66. The second-order valence-corrected chi connectivity index (χ2v) is 9.96. The van der Waals surface area contributed by atoms with Crippen molar-refractivity contribution in [1.29, 1.82) is 0 Å². The zero-order chi connectivity index (χ0) is 20.9. The van der Waals surface area contributed by atoms with Crippen molar-refractivity contribution in [2.45, 2.75) is 23.0 Å². The molecule has 0 aromatic heterocycles. The van der Waals surface area contributed by atoms with Gasteiger partial charge in [0, 0.05) is 15.3 Å². The van der Waals surface area contributed by atoms with Gasteiger partial charge in [0.2, 0.25) is 11.8 Å². The highest BCUT2D eigenvalue weighted by Crippen LogP contribution is 2.60. The number of benzene rings is 1. The van der Waals surface area contributed by atoms with Gasteiger partial charge in [-0.05, 0) is 37.3 Å². The van der Waals surface area contributed by atoms with Crippen LogP contribution in [0.5, 0.6) is 0 Å². The average Bonchev–Trinajstić information content (AvgIpc) is 3.29. The number of halogens is 2. The minimum absolute atomic E-state index is 0.0899. The van der Waals surface area contributed by atoms with Crippen molar-refractivity contribution in [2.75, 3.05) is 18.5 Å². The molecule has 3 amide bonds. The summed E-state index contributed by atoms with van der Waals surface area (Å²) >= 11 is 7.24. The van der Waals surface area contributed by atoms with Gasteiger partial charge in [-0.3, -0.25) is 24.1 Å². The van der Waals surface area contributed by atoms with E-state index in [0.29, 0.717) is 5.69 Å². The van der Waals surface area contributed by atoms with Crippen LogP contribution in [0.2, 0.25) is 0 Å². The predicted molar refractivity (Wildman–Crippen MR) is 111 cm³/mol. The maximum atomic E-state index is 12.8. The van der Waals surface area contributed by atoms with Crippen LogP contribution in [0.1, 0.15) is 12.0 Å². The number of amides is 3. The summed E-state index contributed by atoms with van der Waals surface area (Å²) in [4.78, 5) is 50.9. The van der Waals surface area contributed by atoms with E-state index in [0.717, 1.165) is 16.9 Å². The molecule has 1 N–H and O–H groups in total.